The van der Waals surface area contributed by atoms with Gasteiger partial charge in [-0.25, -0.2) is 0 Å². The van der Waals surface area contributed by atoms with E-state index >= 15 is 0 Å². The van der Waals surface area contributed by atoms with Crippen molar-refractivity contribution in [1.29, 1.82) is 0 Å². The zero-order chi connectivity index (χ0) is 19.2. The van der Waals surface area contributed by atoms with E-state index in [4.69, 9.17) is 8.94 Å². The van der Waals surface area contributed by atoms with Gasteiger partial charge in [0, 0.05) is 24.6 Å². The van der Waals surface area contributed by atoms with Crippen molar-refractivity contribution < 1.29 is 18.5 Å². The monoisotopic (exact) mass is 367 g/mol. The fourth-order valence-electron chi connectivity index (χ4n) is 2.48. The van der Waals surface area contributed by atoms with E-state index in [9.17, 15) is 9.59 Å². The van der Waals surface area contributed by atoms with Gasteiger partial charge in [-0.05, 0) is 43.2 Å². The van der Waals surface area contributed by atoms with Gasteiger partial charge in [0.25, 0.3) is 5.91 Å². The Bertz CT molecular complexity index is 929. The molecular formula is C20H21N3O4. The summed E-state index contributed by atoms with van der Waals surface area (Å²) in [5, 5.41) is 9.19. The van der Waals surface area contributed by atoms with Crippen LogP contribution in [0, 0.1) is 13.8 Å². The van der Waals surface area contributed by atoms with Crippen LogP contribution in [0.25, 0.3) is 11.3 Å². The largest absolute Gasteiger partial charge is 0.467 e. The second kappa shape index (κ2) is 8.35. The van der Waals surface area contributed by atoms with E-state index in [2.05, 4.69) is 15.8 Å². The number of benzene rings is 1. The van der Waals surface area contributed by atoms with Crippen LogP contribution in [-0.2, 0) is 11.3 Å². The highest BCUT2D eigenvalue weighted by atomic mass is 16.5. The van der Waals surface area contributed by atoms with Crippen LogP contribution in [0.15, 0.2) is 51.6 Å². The summed E-state index contributed by atoms with van der Waals surface area (Å²) in [6, 6.07) is 11.0. The highest BCUT2D eigenvalue weighted by Crippen LogP contribution is 2.22. The van der Waals surface area contributed by atoms with Crippen molar-refractivity contribution >= 4 is 11.8 Å². The molecule has 27 heavy (non-hydrogen) atoms. The van der Waals surface area contributed by atoms with Crippen molar-refractivity contribution in [3.8, 4) is 11.3 Å². The number of aryl methyl sites for hydroxylation is 2. The van der Waals surface area contributed by atoms with Crippen molar-refractivity contribution in [2.45, 2.75) is 26.8 Å². The minimum atomic E-state index is -0.382. The molecule has 2 heterocycles. The molecule has 7 nitrogen and oxygen atoms in total. The first-order valence-electron chi connectivity index (χ1n) is 8.64. The van der Waals surface area contributed by atoms with Gasteiger partial charge in [-0.1, -0.05) is 17.3 Å². The Hall–Kier alpha value is -3.35. The van der Waals surface area contributed by atoms with Gasteiger partial charge in [0.1, 0.15) is 5.76 Å². The van der Waals surface area contributed by atoms with Crippen LogP contribution in [0.3, 0.4) is 0 Å². The molecule has 0 atom stereocenters. The van der Waals surface area contributed by atoms with Crippen LogP contribution in [0.5, 0.6) is 0 Å². The minimum Gasteiger partial charge on any atom is -0.467 e. The predicted molar refractivity (Wildman–Crippen MR) is 98.9 cm³/mol. The van der Waals surface area contributed by atoms with Gasteiger partial charge in [0.15, 0.2) is 11.5 Å². The van der Waals surface area contributed by atoms with Crippen LogP contribution in [-0.4, -0.2) is 23.5 Å². The first kappa shape index (κ1) is 18.4. The summed E-state index contributed by atoms with van der Waals surface area (Å²) >= 11 is 0. The molecular weight excluding hydrogens is 346 g/mol. The predicted octanol–water partition coefficient (Wildman–Crippen LogP) is 2.99. The van der Waals surface area contributed by atoms with E-state index in [1.54, 1.807) is 24.5 Å². The summed E-state index contributed by atoms with van der Waals surface area (Å²) < 4.78 is 10.4. The molecule has 0 aliphatic heterocycles. The lowest BCUT2D eigenvalue weighted by Crippen LogP contribution is -2.30. The zero-order valence-electron chi connectivity index (χ0n) is 15.2. The number of furan rings is 1. The highest BCUT2D eigenvalue weighted by Gasteiger charge is 2.14. The maximum Gasteiger partial charge on any atom is 0.273 e. The molecule has 2 aromatic heterocycles. The Morgan fingerprint density at radius 3 is 2.67 bits per heavy atom. The van der Waals surface area contributed by atoms with E-state index in [1.807, 2.05) is 32.0 Å². The second-order valence-corrected chi connectivity index (χ2v) is 6.24. The third-order valence-corrected chi connectivity index (χ3v) is 4.21. The molecule has 0 aliphatic rings. The average molecular weight is 367 g/mol. The molecule has 3 aromatic rings. The lowest BCUT2D eigenvalue weighted by atomic mass is 10.0. The van der Waals surface area contributed by atoms with E-state index in [0.717, 1.165) is 11.1 Å². The number of nitrogens with one attached hydrogen (secondary N) is 2. The van der Waals surface area contributed by atoms with Gasteiger partial charge >= 0.3 is 0 Å². The van der Waals surface area contributed by atoms with Crippen LogP contribution in [0.1, 0.15) is 33.8 Å². The van der Waals surface area contributed by atoms with Crippen LogP contribution >= 0.6 is 0 Å². The molecule has 3 rings (SSSR count). The molecule has 0 bridgehead atoms. The first-order valence-corrected chi connectivity index (χ1v) is 8.64. The molecule has 0 spiro atoms. The zero-order valence-corrected chi connectivity index (χ0v) is 15.2. The number of nitrogens with zero attached hydrogens (tertiary/aromatic N) is 1. The Morgan fingerprint density at radius 2 is 1.93 bits per heavy atom. The maximum atomic E-state index is 12.2. The molecule has 0 radical (unpaired) electrons. The van der Waals surface area contributed by atoms with Gasteiger partial charge in [-0.2, -0.15) is 0 Å². The second-order valence-electron chi connectivity index (χ2n) is 6.24. The number of carbonyl (C=O) groups is 2. The Morgan fingerprint density at radius 1 is 1.07 bits per heavy atom. The van der Waals surface area contributed by atoms with E-state index < -0.39 is 0 Å². The molecule has 0 unspecified atom stereocenters. The van der Waals surface area contributed by atoms with E-state index in [0.29, 0.717) is 18.1 Å². The number of rotatable bonds is 7. The van der Waals surface area contributed by atoms with Crippen LogP contribution in [0.2, 0.25) is 0 Å². The summed E-state index contributed by atoms with van der Waals surface area (Å²) in [5.41, 5.74) is 3.36. The van der Waals surface area contributed by atoms with E-state index in [1.165, 1.54) is 5.56 Å². The number of hydrogen-bond acceptors (Lipinski definition) is 5. The maximum absolute atomic E-state index is 12.2. The van der Waals surface area contributed by atoms with Crippen molar-refractivity contribution in [2.75, 3.05) is 6.54 Å². The van der Waals surface area contributed by atoms with Gasteiger partial charge < -0.3 is 19.6 Å². The summed E-state index contributed by atoms with van der Waals surface area (Å²) in [6.45, 7) is 4.57. The normalized spacial score (nSPS) is 10.6. The fourth-order valence-corrected chi connectivity index (χ4v) is 2.48. The molecule has 1 aromatic carbocycles. The molecule has 7 heteroatoms. The van der Waals surface area contributed by atoms with Crippen LogP contribution in [0.4, 0.5) is 0 Å². The Kier molecular flexibility index (Phi) is 5.71. The lowest BCUT2D eigenvalue weighted by molar-refractivity contribution is -0.121. The number of aromatic nitrogens is 1. The molecule has 0 saturated carbocycles. The first-order chi connectivity index (χ1) is 13.0. The third-order valence-electron chi connectivity index (χ3n) is 4.21. The van der Waals surface area contributed by atoms with Gasteiger partial charge in [0.05, 0.1) is 12.8 Å². The smallest absolute Gasteiger partial charge is 0.273 e. The van der Waals surface area contributed by atoms with Crippen molar-refractivity contribution in [3.63, 3.8) is 0 Å². The third kappa shape index (κ3) is 4.84. The molecule has 0 fully saturated rings. The van der Waals surface area contributed by atoms with Crippen molar-refractivity contribution in [1.82, 2.24) is 15.8 Å². The van der Waals surface area contributed by atoms with E-state index in [-0.39, 0.29) is 30.5 Å². The van der Waals surface area contributed by atoms with Gasteiger partial charge in [0.2, 0.25) is 5.91 Å². The summed E-state index contributed by atoms with van der Waals surface area (Å²) in [4.78, 5) is 23.9. The Labute approximate surface area is 156 Å². The SMILES string of the molecule is Cc1ccc(-c2cc(C(=O)NCCC(=O)NCc3ccco3)no2)cc1C. The highest BCUT2D eigenvalue weighted by molar-refractivity contribution is 5.93. The molecule has 140 valence electrons. The quantitative estimate of drug-likeness (QED) is 0.669. The average Bonchev–Trinajstić information content (AvgIpc) is 3.34. The van der Waals surface area contributed by atoms with Crippen molar-refractivity contribution in [2.24, 2.45) is 0 Å². The topological polar surface area (TPSA) is 97.4 Å². The fraction of sp³-hybridized carbons (Fsp3) is 0.250. The minimum absolute atomic E-state index is 0.161. The summed E-state index contributed by atoms with van der Waals surface area (Å²) in [5.74, 6) is 0.642. The lowest BCUT2D eigenvalue weighted by Gasteiger charge is -2.04. The number of hydrogen-bond donors (Lipinski definition) is 2. The number of amides is 2. The Balaban J connectivity index is 1.47. The molecule has 2 N–H and O–H groups in total. The van der Waals surface area contributed by atoms with Gasteiger partial charge in [-0.3, -0.25) is 9.59 Å². The molecule has 0 saturated heterocycles. The summed E-state index contributed by atoms with van der Waals surface area (Å²) in [7, 11) is 0. The molecule has 2 amide bonds. The summed E-state index contributed by atoms with van der Waals surface area (Å²) in [6.07, 6.45) is 1.71. The van der Waals surface area contributed by atoms with Crippen LogP contribution < -0.4 is 10.6 Å². The number of carbonyl (C=O) groups excluding carboxylic acids is 2. The van der Waals surface area contributed by atoms with Gasteiger partial charge in [-0.15, -0.1) is 0 Å². The standard InChI is InChI=1S/C20H21N3O4/c1-13-5-6-15(10-14(13)2)18-11-17(23-27-18)20(25)21-8-7-19(24)22-12-16-4-3-9-26-16/h3-6,9-11H,7-8,12H2,1-2H3,(H,21,25)(H,22,24). The van der Waals surface area contributed by atoms with Crippen molar-refractivity contribution in [3.05, 3.63) is 65.2 Å². The molecule has 0 aliphatic carbocycles.